The minimum absolute atomic E-state index is 0.125. The number of halogens is 1. The number of carboxylic acid groups (broad SMARTS) is 1. The molecule has 1 unspecified atom stereocenters. The highest BCUT2D eigenvalue weighted by atomic mass is 19.1. The predicted molar refractivity (Wildman–Crippen MR) is 54.9 cm³/mol. The molecule has 0 saturated heterocycles. The molecule has 0 spiro atoms. The Hall–Kier alpha value is -1.91. The summed E-state index contributed by atoms with van der Waals surface area (Å²) in [6.45, 7) is 0.125. The van der Waals surface area contributed by atoms with Crippen LogP contribution < -0.4 is 0 Å². The van der Waals surface area contributed by atoms with Crippen LogP contribution in [0.25, 0.3) is 0 Å². The van der Waals surface area contributed by atoms with Crippen LogP contribution in [-0.4, -0.2) is 29.6 Å². The Balaban J connectivity index is 1.99. The Morgan fingerprint density at radius 3 is 3.06 bits per heavy atom. The normalized spacial score (nSPS) is 19.1. The van der Waals surface area contributed by atoms with Crippen LogP contribution in [0.15, 0.2) is 29.3 Å². The summed E-state index contributed by atoms with van der Waals surface area (Å²) in [5, 5.41) is 8.68. The number of aliphatic imine (C=N–C) groups is 1. The number of rotatable bonds is 3. The lowest BCUT2D eigenvalue weighted by atomic mass is 10.1. The van der Waals surface area contributed by atoms with Crippen LogP contribution in [0.5, 0.6) is 0 Å². The van der Waals surface area contributed by atoms with Gasteiger partial charge in [-0.25, -0.2) is 9.18 Å². The van der Waals surface area contributed by atoms with Crippen molar-refractivity contribution in [3.63, 3.8) is 0 Å². The van der Waals surface area contributed by atoms with Gasteiger partial charge in [-0.1, -0.05) is 12.1 Å². The molecule has 1 aliphatic heterocycles. The van der Waals surface area contributed by atoms with Crippen LogP contribution in [0, 0.1) is 5.82 Å². The van der Waals surface area contributed by atoms with Crippen molar-refractivity contribution in [1.29, 1.82) is 0 Å². The first kappa shape index (κ1) is 10.6. The van der Waals surface area contributed by atoms with Crippen LogP contribution in [0.1, 0.15) is 5.56 Å². The highest BCUT2D eigenvalue weighted by Gasteiger charge is 2.26. The summed E-state index contributed by atoms with van der Waals surface area (Å²) in [5.74, 6) is -1.01. The summed E-state index contributed by atoms with van der Waals surface area (Å²) in [5.41, 5.74) is 0.713. The van der Waals surface area contributed by atoms with Gasteiger partial charge < -0.3 is 9.84 Å². The van der Waals surface area contributed by atoms with Gasteiger partial charge in [-0.05, 0) is 17.7 Å². The van der Waals surface area contributed by atoms with E-state index in [2.05, 4.69) is 4.99 Å². The SMILES string of the molecule is O=C(O)C1CN=C(Cc2cccc(F)c2)O1. The van der Waals surface area contributed by atoms with Crippen molar-refractivity contribution in [3.05, 3.63) is 35.6 Å². The van der Waals surface area contributed by atoms with Crippen molar-refractivity contribution in [2.75, 3.05) is 6.54 Å². The second kappa shape index (κ2) is 4.30. The van der Waals surface area contributed by atoms with Gasteiger partial charge in [0.05, 0.1) is 6.54 Å². The third-order valence-electron chi connectivity index (χ3n) is 2.23. The van der Waals surface area contributed by atoms with Gasteiger partial charge in [0.15, 0.2) is 5.90 Å². The molecule has 1 aromatic carbocycles. The van der Waals surface area contributed by atoms with E-state index >= 15 is 0 Å². The van der Waals surface area contributed by atoms with E-state index in [0.29, 0.717) is 17.9 Å². The summed E-state index contributed by atoms with van der Waals surface area (Å²) < 4.78 is 18.0. The Bertz CT molecular complexity index is 445. The Morgan fingerprint density at radius 2 is 2.44 bits per heavy atom. The van der Waals surface area contributed by atoms with Crippen LogP contribution in [0.4, 0.5) is 4.39 Å². The van der Waals surface area contributed by atoms with Crippen molar-refractivity contribution in [2.45, 2.75) is 12.5 Å². The maximum absolute atomic E-state index is 12.9. The van der Waals surface area contributed by atoms with Gasteiger partial charge in [-0.3, -0.25) is 4.99 Å². The van der Waals surface area contributed by atoms with E-state index < -0.39 is 12.1 Å². The summed E-state index contributed by atoms with van der Waals surface area (Å²) in [4.78, 5) is 14.5. The molecule has 1 aromatic rings. The Labute approximate surface area is 91.4 Å². The molecule has 0 radical (unpaired) electrons. The summed E-state index contributed by atoms with van der Waals surface area (Å²) in [6, 6.07) is 6.05. The number of hydrogen-bond donors (Lipinski definition) is 1. The molecule has 0 aromatic heterocycles. The van der Waals surface area contributed by atoms with E-state index in [1.165, 1.54) is 12.1 Å². The Kier molecular flexibility index (Phi) is 2.85. The predicted octanol–water partition coefficient (Wildman–Crippen LogP) is 1.25. The van der Waals surface area contributed by atoms with E-state index in [1.807, 2.05) is 0 Å². The molecule has 2 rings (SSSR count). The number of ether oxygens (including phenoxy) is 1. The maximum atomic E-state index is 12.9. The fraction of sp³-hybridized carbons (Fsp3) is 0.273. The highest BCUT2D eigenvalue weighted by molar-refractivity contribution is 5.85. The van der Waals surface area contributed by atoms with Crippen molar-refractivity contribution in [3.8, 4) is 0 Å². The topological polar surface area (TPSA) is 58.9 Å². The lowest BCUT2D eigenvalue weighted by molar-refractivity contribution is -0.144. The van der Waals surface area contributed by atoms with Crippen LogP contribution in [-0.2, 0) is 16.0 Å². The van der Waals surface area contributed by atoms with Crippen LogP contribution >= 0.6 is 0 Å². The molecule has 0 fully saturated rings. The third-order valence-corrected chi connectivity index (χ3v) is 2.23. The van der Waals surface area contributed by atoms with Gasteiger partial charge in [0, 0.05) is 6.42 Å². The van der Waals surface area contributed by atoms with E-state index in [-0.39, 0.29) is 12.4 Å². The number of carbonyl (C=O) groups is 1. The first-order chi connectivity index (χ1) is 7.65. The van der Waals surface area contributed by atoms with Crippen LogP contribution in [0.2, 0.25) is 0 Å². The largest absolute Gasteiger partial charge is 0.478 e. The van der Waals surface area contributed by atoms with Gasteiger partial charge >= 0.3 is 5.97 Å². The van der Waals surface area contributed by atoms with E-state index in [4.69, 9.17) is 9.84 Å². The van der Waals surface area contributed by atoms with Crippen molar-refractivity contribution >= 4 is 11.9 Å². The minimum atomic E-state index is -1.03. The number of hydrogen-bond acceptors (Lipinski definition) is 3. The second-order valence-electron chi connectivity index (χ2n) is 3.49. The molecule has 16 heavy (non-hydrogen) atoms. The standard InChI is InChI=1S/C11H10FNO3/c12-8-3-1-2-7(4-8)5-10-13-6-9(16-10)11(14)15/h1-4,9H,5-6H2,(H,14,15). The molecule has 1 heterocycles. The minimum Gasteiger partial charge on any atom is -0.478 e. The molecule has 0 bridgehead atoms. The second-order valence-corrected chi connectivity index (χ2v) is 3.49. The lowest BCUT2D eigenvalue weighted by Crippen LogP contribution is -2.24. The first-order valence-corrected chi connectivity index (χ1v) is 4.82. The summed E-state index contributed by atoms with van der Waals surface area (Å²) >= 11 is 0. The smallest absolute Gasteiger partial charge is 0.346 e. The molecular formula is C11H10FNO3. The van der Waals surface area contributed by atoms with Gasteiger partial charge in [-0.2, -0.15) is 0 Å². The first-order valence-electron chi connectivity index (χ1n) is 4.82. The Morgan fingerprint density at radius 1 is 1.62 bits per heavy atom. The van der Waals surface area contributed by atoms with Crippen molar-refractivity contribution in [1.82, 2.24) is 0 Å². The molecule has 1 atom stereocenters. The zero-order chi connectivity index (χ0) is 11.5. The molecule has 84 valence electrons. The van der Waals surface area contributed by atoms with E-state index in [0.717, 1.165) is 0 Å². The molecule has 1 aliphatic rings. The van der Waals surface area contributed by atoms with E-state index in [9.17, 15) is 9.18 Å². The molecular weight excluding hydrogens is 213 g/mol. The van der Waals surface area contributed by atoms with Crippen LogP contribution in [0.3, 0.4) is 0 Å². The van der Waals surface area contributed by atoms with Gasteiger partial charge in [0.25, 0.3) is 0 Å². The zero-order valence-electron chi connectivity index (χ0n) is 8.39. The number of carboxylic acids is 1. The molecule has 5 heteroatoms. The molecule has 4 nitrogen and oxygen atoms in total. The average Bonchev–Trinajstić information content (AvgIpc) is 2.66. The van der Waals surface area contributed by atoms with E-state index in [1.54, 1.807) is 12.1 Å². The van der Waals surface area contributed by atoms with Gasteiger partial charge in [0.1, 0.15) is 5.82 Å². The number of benzene rings is 1. The van der Waals surface area contributed by atoms with Gasteiger partial charge in [-0.15, -0.1) is 0 Å². The quantitative estimate of drug-likeness (QED) is 0.838. The highest BCUT2D eigenvalue weighted by Crippen LogP contribution is 2.11. The zero-order valence-corrected chi connectivity index (χ0v) is 8.39. The average molecular weight is 223 g/mol. The fourth-order valence-electron chi connectivity index (χ4n) is 1.47. The summed E-state index contributed by atoms with van der Waals surface area (Å²) in [7, 11) is 0. The fourth-order valence-corrected chi connectivity index (χ4v) is 1.47. The number of aliphatic carboxylic acids is 1. The maximum Gasteiger partial charge on any atom is 0.346 e. The lowest BCUT2D eigenvalue weighted by Gasteiger charge is -2.06. The molecule has 1 N–H and O–H groups in total. The van der Waals surface area contributed by atoms with Crippen molar-refractivity contribution in [2.24, 2.45) is 4.99 Å². The molecule has 0 aliphatic carbocycles. The monoisotopic (exact) mass is 223 g/mol. The van der Waals surface area contributed by atoms with Crippen molar-refractivity contribution < 1.29 is 19.0 Å². The summed E-state index contributed by atoms with van der Waals surface area (Å²) in [6.07, 6.45) is -0.579. The number of nitrogens with zero attached hydrogens (tertiary/aromatic N) is 1. The molecule has 0 amide bonds. The molecule has 0 saturated carbocycles. The third kappa shape index (κ3) is 2.36. The van der Waals surface area contributed by atoms with Gasteiger partial charge in [0.2, 0.25) is 6.10 Å².